The lowest BCUT2D eigenvalue weighted by Crippen LogP contribution is -1.90. The van der Waals surface area contributed by atoms with E-state index in [1.807, 2.05) is 25.1 Å². The number of rotatable bonds is 2. The van der Waals surface area contributed by atoms with Gasteiger partial charge in [-0.25, -0.2) is 0 Å². The lowest BCUT2D eigenvalue weighted by atomic mass is 10.1. The van der Waals surface area contributed by atoms with Gasteiger partial charge in [-0.3, -0.25) is 0 Å². The second-order valence-corrected chi connectivity index (χ2v) is 4.00. The van der Waals surface area contributed by atoms with Crippen molar-refractivity contribution in [1.29, 1.82) is 0 Å². The minimum atomic E-state index is 0.580. The summed E-state index contributed by atoms with van der Waals surface area (Å²) in [6, 6.07) is 5.99. The van der Waals surface area contributed by atoms with E-state index in [0.29, 0.717) is 18.1 Å². The van der Waals surface area contributed by atoms with Crippen molar-refractivity contribution in [1.82, 2.24) is 15.3 Å². The van der Waals surface area contributed by atoms with Crippen LogP contribution in [0.2, 0.25) is 0 Å². The van der Waals surface area contributed by atoms with Crippen LogP contribution in [0.15, 0.2) is 27.2 Å². The van der Waals surface area contributed by atoms with Gasteiger partial charge in [0.1, 0.15) is 0 Å². The summed E-state index contributed by atoms with van der Waals surface area (Å²) in [5.74, 6) is 1.26. The number of aromatic nitrogens is 3. The van der Waals surface area contributed by atoms with Crippen LogP contribution in [0.5, 0.6) is 0 Å². The van der Waals surface area contributed by atoms with Crippen LogP contribution in [0.4, 0.5) is 0 Å². The number of hydrogen-bond donors (Lipinski definition) is 0. The minimum absolute atomic E-state index is 0.580. The first-order valence-corrected chi connectivity index (χ1v) is 5.36. The first-order valence-electron chi connectivity index (χ1n) is 5.36. The van der Waals surface area contributed by atoms with Crippen molar-refractivity contribution in [2.45, 2.75) is 20.3 Å². The summed E-state index contributed by atoms with van der Waals surface area (Å²) in [7, 11) is 0. The van der Waals surface area contributed by atoms with Crippen molar-refractivity contribution in [2.75, 3.05) is 0 Å². The number of benzene rings is 1. The normalized spacial score (nSPS) is 11.2. The summed E-state index contributed by atoms with van der Waals surface area (Å²) >= 11 is 0. The second kappa shape index (κ2) is 3.69. The Bertz CT molecular complexity index is 669. The van der Waals surface area contributed by atoms with Crippen molar-refractivity contribution < 1.29 is 9.05 Å². The first-order chi connectivity index (χ1) is 8.22. The van der Waals surface area contributed by atoms with Crippen molar-refractivity contribution in [2.24, 2.45) is 0 Å². The summed E-state index contributed by atoms with van der Waals surface area (Å²) in [6.07, 6.45) is 0.632. The predicted octanol–water partition coefficient (Wildman–Crippen LogP) is 2.42. The zero-order chi connectivity index (χ0) is 11.8. The summed E-state index contributed by atoms with van der Waals surface area (Å²) in [6.45, 7) is 3.70. The fourth-order valence-electron chi connectivity index (χ4n) is 1.81. The quantitative estimate of drug-likeness (QED) is 0.675. The highest BCUT2D eigenvalue weighted by atomic mass is 16.5. The Kier molecular flexibility index (Phi) is 2.18. The number of nitrogens with zero attached hydrogens (tertiary/aromatic N) is 3. The molecule has 0 radical (unpaired) electrons. The third kappa shape index (κ3) is 1.80. The van der Waals surface area contributed by atoms with Gasteiger partial charge in [-0.2, -0.15) is 4.98 Å². The molecular weight excluding hydrogens is 218 g/mol. The molecule has 0 fully saturated rings. The van der Waals surface area contributed by atoms with Crippen LogP contribution < -0.4 is 0 Å². The van der Waals surface area contributed by atoms with Crippen molar-refractivity contribution in [3.8, 4) is 0 Å². The van der Waals surface area contributed by atoms with Crippen molar-refractivity contribution in [3.63, 3.8) is 0 Å². The third-order valence-electron chi connectivity index (χ3n) is 2.65. The molecule has 0 N–H and O–H groups in total. The summed E-state index contributed by atoms with van der Waals surface area (Å²) < 4.78 is 10.1. The van der Waals surface area contributed by atoms with E-state index >= 15 is 0 Å². The fraction of sp³-hybridized carbons (Fsp3) is 0.250. The molecule has 0 aliphatic rings. The molecule has 0 saturated heterocycles. The van der Waals surface area contributed by atoms with E-state index in [0.717, 1.165) is 22.2 Å². The topological polar surface area (TPSA) is 65.0 Å². The van der Waals surface area contributed by atoms with Gasteiger partial charge in [0.15, 0.2) is 11.4 Å². The van der Waals surface area contributed by atoms with E-state index in [1.165, 1.54) is 0 Å². The Morgan fingerprint density at radius 1 is 1.12 bits per heavy atom. The van der Waals surface area contributed by atoms with E-state index in [4.69, 9.17) is 9.05 Å². The highest BCUT2D eigenvalue weighted by molar-refractivity contribution is 5.79. The molecule has 0 unspecified atom stereocenters. The van der Waals surface area contributed by atoms with Crippen LogP contribution in [0.1, 0.15) is 23.0 Å². The van der Waals surface area contributed by atoms with E-state index in [-0.39, 0.29) is 0 Å². The maximum Gasteiger partial charge on any atom is 0.223 e. The Balaban J connectivity index is 1.95. The van der Waals surface area contributed by atoms with Crippen LogP contribution >= 0.6 is 0 Å². The van der Waals surface area contributed by atoms with E-state index in [9.17, 15) is 0 Å². The summed E-state index contributed by atoms with van der Waals surface area (Å²) in [4.78, 5) is 4.17. The summed E-state index contributed by atoms with van der Waals surface area (Å²) in [5.41, 5.74) is 2.77. The molecule has 1 aromatic carbocycles. The molecule has 0 saturated carbocycles. The van der Waals surface area contributed by atoms with E-state index in [1.54, 1.807) is 6.92 Å². The zero-order valence-corrected chi connectivity index (χ0v) is 9.60. The molecule has 17 heavy (non-hydrogen) atoms. The molecule has 3 aromatic rings. The van der Waals surface area contributed by atoms with Gasteiger partial charge in [-0.05, 0) is 24.6 Å². The second-order valence-electron chi connectivity index (χ2n) is 4.00. The molecule has 5 heteroatoms. The molecule has 0 spiro atoms. The number of hydrogen-bond acceptors (Lipinski definition) is 5. The van der Waals surface area contributed by atoms with Gasteiger partial charge >= 0.3 is 0 Å². The molecule has 0 bridgehead atoms. The fourth-order valence-corrected chi connectivity index (χ4v) is 1.81. The monoisotopic (exact) mass is 229 g/mol. The maximum absolute atomic E-state index is 5.22. The average Bonchev–Trinajstić information content (AvgIpc) is 2.87. The Morgan fingerprint density at radius 2 is 2.00 bits per heavy atom. The lowest BCUT2D eigenvalue weighted by molar-refractivity contribution is 0.388. The highest BCUT2D eigenvalue weighted by Gasteiger charge is 2.07. The smallest absolute Gasteiger partial charge is 0.223 e. The van der Waals surface area contributed by atoms with Gasteiger partial charge in [0.05, 0.1) is 5.69 Å². The standard InChI is InChI=1S/C12H11N3O2/c1-7-10-4-3-9(5-11(10)17-14-7)6-12-13-8(2)16-15-12/h3-5H,6H2,1-2H3. The zero-order valence-electron chi connectivity index (χ0n) is 9.60. The van der Waals surface area contributed by atoms with Gasteiger partial charge in [0, 0.05) is 18.7 Å². The molecular formula is C12H11N3O2. The molecule has 3 rings (SSSR count). The van der Waals surface area contributed by atoms with Crippen LogP contribution in [0.3, 0.4) is 0 Å². The maximum atomic E-state index is 5.22. The van der Waals surface area contributed by atoms with E-state index < -0.39 is 0 Å². The van der Waals surface area contributed by atoms with Gasteiger partial charge in [0.25, 0.3) is 0 Å². The number of fused-ring (bicyclic) bond motifs is 1. The minimum Gasteiger partial charge on any atom is -0.356 e. The van der Waals surface area contributed by atoms with Crippen LogP contribution in [0, 0.1) is 13.8 Å². The van der Waals surface area contributed by atoms with Crippen LogP contribution in [-0.2, 0) is 6.42 Å². The van der Waals surface area contributed by atoms with Gasteiger partial charge in [-0.1, -0.05) is 16.4 Å². The highest BCUT2D eigenvalue weighted by Crippen LogP contribution is 2.20. The van der Waals surface area contributed by atoms with E-state index in [2.05, 4.69) is 15.3 Å². The molecule has 5 nitrogen and oxygen atoms in total. The van der Waals surface area contributed by atoms with Crippen LogP contribution in [-0.4, -0.2) is 15.3 Å². The lowest BCUT2D eigenvalue weighted by Gasteiger charge is -1.96. The SMILES string of the molecule is Cc1nc(Cc2ccc3c(C)noc3c2)no1. The van der Waals surface area contributed by atoms with Crippen molar-refractivity contribution in [3.05, 3.63) is 41.2 Å². The molecule has 0 aliphatic heterocycles. The molecule has 0 aliphatic carbocycles. The predicted molar refractivity (Wildman–Crippen MR) is 60.6 cm³/mol. The van der Waals surface area contributed by atoms with Crippen LogP contribution in [0.25, 0.3) is 11.0 Å². The molecule has 86 valence electrons. The average molecular weight is 229 g/mol. The van der Waals surface area contributed by atoms with Gasteiger partial charge in [-0.15, -0.1) is 0 Å². The Hall–Kier alpha value is -2.17. The summed E-state index contributed by atoms with van der Waals surface area (Å²) in [5, 5.41) is 8.83. The largest absolute Gasteiger partial charge is 0.356 e. The molecule has 2 aromatic heterocycles. The van der Waals surface area contributed by atoms with Crippen molar-refractivity contribution >= 4 is 11.0 Å². The third-order valence-corrected chi connectivity index (χ3v) is 2.65. The molecule has 0 atom stereocenters. The Morgan fingerprint density at radius 3 is 2.76 bits per heavy atom. The molecule has 0 amide bonds. The van der Waals surface area contributed by atoms with Gasteiger partial charge < -0.3 is 9.05 Å². The van der Waals surface area contributed by atoms with Gasteiger partial charge in [0.2, 0.25) is 5.89 Å². The Labute approximate surface area is 97.4 Å². The number of aryl methyl sites for hydroxylation is 2. The first kappa shape index (κ1) is 10.0. The molecule has 2 heterocycles.